The zero-order valence-corrected chi connectivity index (χ0v) is 13.9. The maximum Gasteiger partial charge on any atom is 0.185 e. The minimum absolute atomic E-state index is 0.0712. The second kappa shape index (κ2) is 7.32. The predicted octanol–water partition coefficient (Wildman–Crippen LogP) is 3.04. The molecule has 1 heterocycles. The van der Waals surface area contributed by atoms with Crippen molar-refractivity contribution >= 4 is 17.5 Å². The number of nitrogens with zero attached hydrogens (tertiary/aromatic N) is 2. The molecule has 2 aromatic carbocycles. The second-order valence-electron chi connectivity index (χ2n) is 6.13. The Morgan fingerprint density at radius 1 is 0.958 bits per heavy atom. The Bertz CT molecular complexity index is 712. The number of allylic oxidation sites excluding steroid dienone is 1. The van der Waals surface area contributed by atoms with Gasteiger partial charge in [0.25, 0.3) is 0 Å². The summed E-state index contributed by atoms with van der Waals surface area (Å²) in [5.41, 5.74) is 2.79. The number of ketones is 1. The molecule has 1 N–H and O–H groups in total. The summed E-state index contributed by atoms with van der Waals surface area (Å²) < 4.78 is 0. The molecule has 0 spiro atoms. The van der Waals surface area contributed by atoms with Gasteiger partial charge < -0.3 is 14.9 Å². The minimum Gasteiger partial charge on any atom is -0.508 e. The molecule has 0 atom stereocenters. The lowest BCUT2D eigenvalue weighted by Crippen LogP contribution is -2.44. The van der Waals surface area contributed by atoms with Gasteiger partial charge in [0.15, 0.2) is 5.78 Å². The van der Waals surface area contributed by atoms with E-state index in [2.05, 4.69) is 29.0 Å². The van der Waals surface area contributed by atoms with Gasteiger partial charge in [-0.15, -0.1) is 0 Å². The fourth-order valence-electron chi connectivity index (χ4n) is 2.75. The maximum absolute atomic E-state index is 12.1. The van der Waals surface area contributed by atoms with Crippen molar-refractivity contribution in [2.75, 3.05) is 38.1 Å². The molecule has 0 bridgehead atoms. The molecule has 0 aliphatic carbocycles. The van der Waals surface area contributed by atoms with Crippen LogP contribution in [0.1, 0.15) is 15.9 Å². The average Bonchev–Trinajstić information content (AvgIpc) is 2.61. The third-order valence-electron chi connectivity index (χ3n) is 4.34. The summed E-state index contributed by atoms with van der Waals surface area (Å²) in [5.74, 6) is 0.0909. The first-order valence-corrected chi connectivity index (χ1v) is 8.17. The number of benzene rings is 2. The molecule has 4 heteroatoms. The van der Waals surface area contributed by atoms with E-state index in [1.807, 2.05) is 18.2 Å². The zero-order valence-electron chi connectivity index (χ0n) is 13.9. The fourth-order valence-corrected chi connectivity index (χ4v) is 2.75. The van der Waals surface area contributed by atoms with Crippen LogP contribution in [0.15, 0.2) is 54.6 Å². The molecule has 3 rings (SSSR count). The Morgan fingerprint density at radius 2 is 1.58 bits per heavy atom. The van der Waals surface area contributed by atoms with Gasteiger partial charge in [-0.05, 0) is 55.1 Å². The Hall–Kier alpha value is -2.59. The molecule has 0 radical (unpaired) electrons. The number of rotatable bonds is 4. The Kier molecular flexibility index (Phi) is 4.96. The van der Waals surface area contributed by atoms with Crippen LogP contribution in [0.2, 0.25) is 0 Å². The lowest BCUT2D eigenvalue weighted by Gasteiger charge is -2.34. The van der Waals surface area contributed by atoms with Gasteiger partial charge in [-0.25, -0.2) is 0 Å². The van der Waals surface area contributed by atoms with Crippen LogP contribution in [-0.4, -0.2) is 49.0 Å². The van der Waals surface area contributed by atoms with Crippen molar-refractivity contribution in [3.8, 4) is 5.75 Å². The number of carbonyl (C=O) groups excluding carboxylic acids is 1. The number of hydrogen-bond donors (Lipinski definition) is 1. The smallest absolute Gasteiger partial charge is 0.185 e. The van der Waals surface area contributed by atoms with Crippen molar-refractivity contribution in [3.63, 3.8) is 0 Å². The molecule has 24 heavy (non-hydrogen) atoms. The Balaban J connectivity index is 1.63. The van der Waals surface area contributed by atoms with E-state index in [0.29, 0.717) is 5.56 Å². The molecule has 1 fully saturated rings. The molecule has 0 amide bonds. The average molecular weight is 322 g/mol. The molecule has 1 saturated heterocycles. The standard InChI is InChI=1S/C20H22N2O2/c1-21-12-14-22(15-13-21)18-7-2-16(3-8-18)4-11-20(24)17-5-9-19(23)10-6-17/h2-11,23H,12-15H2,1H3/b11-4+. The second-order valence-corrected chi connectivity index (χ2v) is 6.13. The van der Waals surface area contributed by atoms with Gasteiger partial charge in [-0.1, -0.05) is 18.2 Å². The lowest BCUT2D eigenvalue weighted by molar-refractivity contribution is 0.104. The molecule has 124 valence electrons. The van der Waals surface area contributed by atoms with Gasteiger partial charge in [-0.2, -0.15) is 0 Å². The molecular formula is C20H22N2O2. The van der Waals surface area contributed by atoms with Gasteiger partial charge in [0.2, 0.25) is 0 Å². The topological polar surface area (TPSA) is 43.8 Å². The van der Waals surface area contributed by atoms with E-state index in [4.69, 9.17) is 0 Å². The predicted molar refractivity (Wildman–Crippen MR) is 97.6 cm³/mol. The van der Waals surface area contributed by atoms with Crippen molar-refractivity contribution in [2.45, 2.75) is 0 Å². The Labute approximate surface area is 142 Å². The van der Waals surface area contributed by atoms with E-state index in [0.717, 1.165) is 31.7 Å². The summed E-state index contributed by atoms with van der Waals surface area (Å²) in [4.78, 5) is 16.8. The highest BCUT2D eigenvalue weighted by atomic mass is 16.3. The van der Waals surface area contributed by atoms with Crippen LogP contribution in [0.5, 0.6) is 5.75 Å². The lowest BCUT2D eigenvalue weighted by atomic mass is 10.1. The van der Waals surface area contributed by atoms with Gasteiger partial charge in [-0.3, -0.25) is 4.79 Å². The first kappa shape index (κ1) is 16.3. The van der Waals surface area contributed by atoms with Crippen LogP contribution in [-0.2, 0) is 0 Å². The summed E-state index contributed by atoms with van der Waals surface area (Å²) in [6.07, 6.45) is 3.39. The van der Waals surface area contributed by atoms with Crippen molar-refractivity contribution in [2.24, 2.45) is 0 Å². The molecule has 1 aliphatic heterocycles. The summed E-state index contributed by atoms with van der Waals surface area (Å²) in [5, 5.41) is 9.26. The van der Waals surface area contributed by atoms with E-state index in [1.165, 1.54) is 17.8 Å². The van der Waals surface area contributed by atoms with Crippen molar-refractivity contribution < 1.29 is 9.90 Å². The van der Waals surface area contributed by atoms with Crippen LogP contribution in [0.3, 0.4) is 0 Å². The minimum atomic E-state index is -0.0712. The highest BCUT2D eigenvalue weighted by molar-refractivity contribution is 6.06. The first-order valence-electron chi connectivity index (χ1n) is 8.17. The largest absolute Gasteiger partial charge is 0.508 e. The number of piperazine rings is 1. The molecular weight excluding hydrogens is 300 g/mol. The van der Waals surface area contributed by atoms with Gasteiger partial charge >= 0.3 is 0 Å². The SMILES string of the molecule is CN1CCN(c2ccc(/C=C/C(=O)c3ccc(O)cc3)cc2)CC1. The quantitative estimate of drug-likeness (QED) is 0.694. The molecule has 0 aromatic heterocycles. The van der Waals surface area contributed by atoms with Crippen LogP contribution in [0.4, 0.5) is 5.69 Å². The highest BCUT2D eigenvalue weighted by Gasteiger charge is 2.13. The van der Waals surface area contributed by atoms with E-state index in [-0.39, 0.29) is 11.5 Å². The zero-order chi connectivity index (χ0) is 16.9. The van der Waals surface area contributed by atoms with E-state index < -0.39 is 0 Å². The first-order chi connectivity index (χ1) is 11.6. The maximum atomic E-state index is 12.1. The van der Waals surface area contributed by atoms with Crippen molar-refractivity contribution in [1.29, 1.82) is 0 Å². The molecule has 4 nitrogen and oxygen atoms in total. The van der Waals surface area contributed by atoms with Gasteiger partial charge in [0.1, 0.15) is 5.75 Å². The number of hydrogen-bond acceptors (Lipinski definition) is 4. The summed E-state index contributed by atoms with van der Waals surface area (Å²) in [6, 6.07) is 14.6. The van der Waals surface area contributed by atoms with Gasteiger partial charge in [0, 0.05) is 37.4 Å². The summed E-state index contributed by atoms with van der Waals surface area (Å²) >= 11 is 0. The third kappa shape index (κ3) is 4.03. The van der Waals surface area contributed by atoms with Crippen LogP contribution >= 0.6 is 0 Å². The Morgan fingerprint density at radius 3 is 2.21 bits per heavy atom. The van der Waals surface area contributed by atoms with E-state index >= 15 is 0 Å². The van der Waals surface area contributed by atoms with Crippen LogP contribution in [0.25, 0.3) is 6.08 Å². The monoisotopic (exact) mass is 322 g/mol. The number of phenols is 1. The van der Waals surface area contributed by atoms with E-state index in [9.17, 15) is 9.90 Å². The van der Waals surface area contributed by atoms with Crippen LogP contribution < -0.4 is 4.90 Å². The number of likely N-dealkylation sites (N-methyl/N-ethyl adjacent to an activating group) is 1. The molecule has 1 aliphatic rings. The highest BCUT2D eigenvalue weighted by Crippen LogP contribution is 2.18. The third-order valence-corrected chi connectivity index (χ3v) is 4.34. The van der Waals surface area contributed by atoms with Crippen molar-refractivity contribution in [1.82, 2.24) is 4.90 Å². The van der Waals surface area contributed by atoms with Gasteiger partial charge in [0.05, 0.1) is 0 Å². The molecule has 0 unspecified atom stereocenters. The summed E-state index contributed by atoms with van der Waals surface area (Å²) in [6.45, 7) is 4.27. The van der Waals surface area contributed by atoms with Crippen molar-refractivity contribution in [3.05, 3.63) is 65.7 Å². The number of phenolic OH excluding ortho intramolecular Hbond substituents is 1. The van der Waals surface area contributed by atoms with Crippen LogP contribution in [0, 0.1) is 0 Å². The molecule has 2 aromatic rings. The normalized spacial score (nSPS) is 15.8. The molecule has 0 saturated carbocycles. The fraction of sp³-hybridized carbons (Fsp3) is 0.250. The summed E-state index contributed by atoms with van der Waals surface area (Å²) in [7, 11) is 2.15. The number of anilines is 1. The number of aromatic hydroxyl groups is 1. The van der Waals surface area contributed by atoms with E-state index in [1.54, 1.807) is 18.2 Å². The number of carbonyl (C=O) groups is 1.